The number of ketones is 1. The molecule has 0 amide bonds. The number of Topliss-reactive ketones (excluding diaryl/α,β-unsaturated/α-hetero) is 1. The molecule has 26 heavy (non-hydrogen) atoms. The third-order valence-corrected chi connectivity index (χ3v) is 5.49. The van der Waals surface area contributed by atoms with E-state index in [0.717, 1.165) is 37.4 Å². The fourth-order valence-electron chi connectivity index (χ4n) is 4.05. The number of ether oxygens (including phenoxy) is 1. The third kappa shape index (κ3) is 3.68. The quantitative estimate of drug-likeness (QED) is 0.766. The fourth-order valence-corrected chi connectivity index (χ4v) is 4.05. The molecule has 1 fully saturated rings. The van der Waals surface area contributed by atoms with E-state index in [9.17, 15) is 4.79 Å². The molecule has 2 unspecified atom stereocenters. The number of piperidine rings is 1. The normalized spacial score (nSPS) is 25.0. The van der Waals surface area contributed by atoms with E-state index >= 15 is 0 Å². The molecule has 0 aliphatic carbocycles. The third-order valence-electron chi connectivity index (χ3n) is 5.49. The van der Waals surface area contributed by atoms with Crippen LogP contribution in [0.25, 0.3) is 0 Å². The van der Waals surface area contributed by atoms with Gasteiger partial charge in [0.05, 0.1) is 12.0 Å². The number of carbonyl (C=O) groups is 1. The minimum absolute atomic E-state index is 0.222. The van der Waals surface area contributed by atoms with E-state index in [2.05, 4.69) is 42.2 Å². The van der Waals surface area contributed by atoms with E-state index in [0.29, 0.717) is 12.3 Å². The molecule has 3 heteroatoms. The van der Waals surface area contributed by atoms with Gasteiger partial charge in [-0.15, -0.1) is 0 Å². The first kappa shape index (κ1) is 18.7. The molecule has 2 aromatic rings. The number of benzene rings is 2. The summed E-state index contributed by atoms with van der Waals surface area (Å²) in [7, 11) is 0. The maximum atomic E-state index is 12.6. The van der Waals surface area contributed by atoms with Crippen molar-refractivity contribution in [2.45, 2.75) is 45.8 Å². The zero-order chi connectivity index (χ0) is 18.6. The van der Waals surface area contributed by atoms with Crippen LogP contribution in [0.3, 0.4) is 0 Å². The predicted octanol–water partition coefficient (Wildman–Crippen LogP) is 4.96. The second-order valence-electron chi connectivity index (χ2n) is 7.13. The van der Waals surface area contributed by atoms with Crippen molar-refractivity contribution in [3.05, 3.63) is 65.7 Å². The van der Waals surface area contributed by atoms with Gasteiger partial charge in [-0.1, -0.05) is 63.2 Å². The van der Waals surface area contributed by atoms with Gasteiger partial charge in [-0.05, 0) is 17.7 Å². The Labute approximate surface area is 157 Å². The lowest BCUT2D eigenvalue weighted by Crippen LogP contribution is -2.56. The Morgan fingerprint density at radius 2 is 1.77 bits per heavy atom. The van der Waals surface area contributed by atoms with E-state index < -0.39 is 0 Å². The Bertz CT molecular complexity index is 743. The Morgan fingerprint density at radius 1 is 1.08 bits per heavy atom. The molecule has 1 saturated heterocycles. The van der Waals surface area contributed by atoms with Gasteiger partial charge in [0.1, 0.15) is 11.4 Å². The van der Waals surface area contributed by atoms with Gasteiger partial charge in [-0.25, -0.2) is 0 Å². The van der Waals surface area contributed by atoms with Crippen LogP contribution in [0.5, 0.6) is 5.75 Å². The summed E-state index contributed by atoms with van der Waals surface area (Å²) >= 11 is 0. The zero-order valence-corrected chi connectivity index (χ0v) is 16.1. The zero-order valence-electron chi connectivity index (χ0n) is 16.1. The van der Waals surface area contributed by atoms with Crippen LogP contribution in [0.1, 0.15) is 49.5 Å². The van der Waals surface area contributed by atoms with Gasteiger partial charge < -0.3 is 4.74 Å². The number of nitrogens with zero attached hydrogens (tertiary/aromatic N) is 1. The van der Waals surface area contributed by atoms with E-state index in [-0.39, 0.29) is 11.4 Å². The number of carbonyl (C=O) groups excluding carboxylic acids is 1. The second-order valence-corrected chi connectivity index (χ2v) is 7.13. The summed E-state index contributed by atoms with van der Waals surface area (Å²) in [6.07, 6.45) is 1.41. The summed E-state index contributed by atoms with van der Waals surface area (Å²) < 4.78 is 6.39. The summed E-state index contributed by atoms with van der Waals surface area (Å²) in [4.78, 5) is 15.1. The van der Waals surface area contributed by atoms with Gasteiger partial charge >= 0.3 is 0 Å². The highest BCUT2D eigenvalue weighted by Crippen LogP contribution is 2.42. The van der Waals surface area contributed by atoms with Crippen molar-refractivity contribution in [2.75, 3.05) is 13.1 Å². The molecule has 0 radical (unpaired) electrons. The molecule has 4 rings (SSSR count). The standard InChI is InChI=1S/C21H23NO2.C2H6/c1-16-14-22(15-17-7-3-2-4-8-17)12-11-21(16)13-19(23)18-9-5-6-10-20(18)24-21;1-2/h2-10,16H,11-15H2,1H3;1-2H3. The molecule has 3 nitrogen and oxygen atoms in total. The minimum Gasteiger partial charge on any atom is -0.486 e. The van der Waals surface area contributed by atoms with Crippen LogP contribution in [-0.4, -0.2) is 29.4 Å². The van der Waals surface area contributed by atoms with Crippen LogP contribution >= 0.6 is 0 Å². The molecule has 2 aliphatic rings. The molecule has 2 heterocycles. The molecule has 1 spiro atoms. The number of para-hydroxylation sites is 1. The smallest absolute Gasteiger partial charge is 0.170 e. The topological polar surface area (TPSA) is 29.5 Å². The lowest BCUT2D eigenvalue weighted by Gasteiger charge is -2.48. The summed E-state index contributed by atoms with van der Waals surface area (Å²) in [6.45, 7) is 9.11. The molecule has 138 valence electrons. The maximum Gasteiger partial charge on any atom is 0.170 e. The number of fused-ring (bicyclic) bond motifs is 1. The SMILES string of the molecule is CC.CC1CN(Cc2ccccc2)CCC12CC(=O)c1ccccc1O2. The van der Waals surface area contributed by atoms with Gasteiger partial charge in [0.2, 0.25) is 0 Å². The highest BCUT2D eigenvalue weighted by molar-refractivity contribution is 6.00. The lowest BCUT2D eigenvalue weighted by molar-refractivity contribution is -0.0518. The Balaban J connectivity index is 0.000000948. The average Bonchev–Trinajstić information content (AvgIpc) is 2.68. The van der Waals surface area contributed by atoms with Gasteiger partial charge in [0.25, 0.3) is 0 Å². The van der Waals surface area contributed by atoms with Crippen LogP contribution in [0.4, 0.5) is 0 Å². The van der Waals surface area contributed by atoms with Gasteiger partial charge in [0, 0.05) is 32.0 Å². The lowest BCUT2D eigenvalue weighted by atomic mass is 9.75. The number of hydrogen-bond donors (Lipinski definition) is 0. The van der Waals surface area contributed by atoms with E-state index in [4.69, 9.17) is 4.74 Å². The van der Waals surface area contributed by atoms with Crippen molar-refractivity contribution < 1.29 is 9.53 Å². The summed E-state index contributed by atoms with van der Waals surface area (Å²) in [6, 6.07) is 18.2. The van der Waals surface area contributed by atoms with Crippen LogP contribution in [0.15, 0.2) is 54.6 Å². The van der Waals surface area contributed by atoms with Crippen molar-refractivity contribution in [1.82, 2.24) is 4.90 Å². The second kappa shape index (κ2) is 8.05. The van der Waals surface area contributed by atoms with Gasteiger partial charge in [-0.3, -0.25) is 9.69 Å². The fraction of sp³-hybridized carbons (Fsp3) is 0.435. The monoisotopic (exact) mass is 351 g/mol. The number of hydrogen-bond acceptors (Lipinski definition) is 3. The Morgan fingerprint density at radius 3 is 2.50 bits per heavy atom. The molecule has 0 aromatic heterocycles. The van der Waals surface area contributed by atoms with Gasteiger partial charge in [0.15, 0.2) is 5.78 Å². The largest absolute Gasteiger partial charge is 0.486 e. The number of rotatable bonds is 2. The summed E-state index contributed by atoms with van der Waals surface area (Å²) in [5.74, 6) is 1.31. The van der Waals surface area contributed by atoms with Crippen molar-refractivity contribution in [3.8, 4) is 5.75 Å². The Hall–Kier alpha value is -2.13. The van der Waals surface area contributed by atoms with E-state index in [1.165, 1.54) is 5.56 Å². The summed E-state index contributed by atoms with van der Waals surface area (Å²) in [5.41, 5.74) is 1.74. The molecule has 2 atom stereocenters. The molecule has 2 aliphatic heterocycles. The minimum atomic E-state index is -0.335. The Kier molecular flexibility index (Phi) is 5.77. The van der Waals surface area contributed by atoms with Crippen molar-refractivity contribution in [1.29, 1.82) is 0 Å². The first-order valence-corrected chi connectivity index (χ1v) is 9.74. The average molecular weight is 351 g/mol. The molecule has 2 aromatic carbocycles. The van der Waals surface area contributed by atoms with Crippen molar-refractivity contribution in [2.24, 2.45) is 5.92 Å². The van der Waals surface area contributed by atoms with E-state index in [1.54, 1.807) is 0 Å². The first-order chi connectivity index (χ1) is 12.7. The van der Waals surface area contributed by atoms with Crippen molar-refractivity contribution in [3.63, 3.8) is 0 Å². The molecular formula is C23H29NO2. The first-order valence-electron chi connectivity index (χ1n) is 9.74. The highest BCUT2D eigenvalue weighted by atomic mass is 16.5. The van der Waals surface area contributed by atoms with Crippen LogP contribution in [-0.2, 0) is 6.54 Å². The molecule has 0 N–H and O–H groups in total. The molecule has 0 saturated carbocycles. The maximum absolute atomic E-state index is 12.6. The van der Waals surface area contributed by atoms with Crippen molar-refractivity contribution >= 4 is 5.78 Å². The highest BCUT2D eigenvalue weighted by Gasteiger charge is 2.47. The molecular weight excluding hydrogens is 322 g/mol. The predicted molar refractivity (Wildman–Crippen MR) is 106 cm³/mol. The van der Waals surface area contributed by atoms with Crippen LogP contribution in [0.2, 0.25) is 0 Å². The van der Waals surface area contributed by atoms with E-state index in [1.807, 2.05) is 38.1 Å². The van der Waals surface area contributed by atoms with Gasteiger partial charge in [-0.2, -0.15) is 0 Å². The van der Waals surface area contributed by atoms with Crippen LogP contribution in [0, 0.1) is 5.92 Å². The van der Waals surface area contributed by atoms with Crippen LogP contribution < -0.4 is 4.74 Å². The molecule has 0 bridgehead atoms. The number of likely N-dealkylation sites (tertiary alicyclic amines) is 1. The summed E-state index contributed by atoms with van der Waals surface area (Å²) in [5, 5.41) is 0.